The van der Waals surface area contributed by atoms with Crippen molar-refractivity contribution in [2.24, 2.45) is 0 Å². The topological polar surface area (TPSA) is 68.3 Å². The van der Waals surface area contributed by atoms with Crippen LogP contribution in [-0.2, 0) is 16.1 Å². The third-order valence-corrected chi connectivity index (χ3v) is 2.43. The third kappa shape index (κ3) is 6.35. The summed E-state index contributed by atoms with van der Waals surface area (Å²) in [5, 5.41) is 6.53. The molecule has 0 aliphatic rings. The van der Waals surface area contributed by atoms with Crippen molar-refractivity contribution in [3.63, 3.8) is 0 Å². The Balaban J connectivity index is 2.63. The van der Waals surface area contributed by atoms with Gasteiger partial charge in [-0.15, -0.1) is 0 Å². The summed E-state index contributed by atoms with van der Waals surface area (Å²) >= 11 is 0. The molecular formula is C13H24N4O2. The Morgan fingerprint density at radius 2 is 1.74 bits per heavy atom. The minimum absolute atomic E-state index is 0.411. The van der Waals surface area contributed by atoms with E-state index < -0.39 is 0 Å². The molecule has 0 aromatic carbocycles. The number of nitrogens with zero attached hydrogens (tertiary/aromatic N) is 2. The molecule has 0 saturated carbocycles. The molecule has 1 heterocycles. The van der Waals surface area contributed by atoms with E-state index in [0.29, 0.717) is 12.4 Å². The van der Waals surface area contributed by atoms with Crippen LogP contribution < -0.4 is 10.6 Å². The van der Waals surface area contributed by atoms with Gasteiger partial charge in [0, 0.05) is 40.0 Å². The highest BCUT2D eigenvalue weighted by Crippen LogP contribution is 2.12. The SMILES string of the molecule is CCCNc1cc(NCCCOC)nc(COC)n1. The number of hydrogen-bond donors (Lipinski definition) is 2. The molecule has 0 radical (unpaired) electrons. The van der Waals surface area contributed by atoms with Gasteiger partial charge in [0.05, 0.1) is 0 Å². The first-order valence-corrected chi connectivity index (χ1v) is 6.63. The molecule has 0 atom stereocenters. The first kappa shape index (κ1) is 15.7. The molecule has 108 valence electrons. The minimum Gasteiger partial charge on any atom is -0.385 e. The second-order valence-corrected chi connectivity index (χ2v) is 4.19. The molecule has 1 aromatic rings. The second-order valence-electron chi connectivity index (χ2n) is 4.19. The highest BCUT2D eigenvalue weighted by molar-refractivity contribution is 5.47. The van der Waals surface area contributed by atoms with Gasteiger partial charge in [-0.3, -0.25) is 0 Å². The van der Waals surface area contributed by atoms with Gasteiger partial charge in [0.25, 0.3) is 0 Å². The van der Waals surface area contributed by atoms with Crippen LogP contribution in [0.3, 0.4) is 0 Å². The maximum atomic E-state index is 5.08. The summed E-state index contributed by atoms with van der Waals surface area (Å²) in [5.74, 6) is 2.33. The smallest absolute Gasteiger partial charge is 0.158 e. The normalized spacial score (nSPS) is 10.5. The molecule has 0 aliphatic carbocycles. The highest BCUT2D eigenvalue weighted by atomic mass is 16.5. The van der Waals surface area contributed by atoms with Crippen LogP contribution in [0.2, 0.25) is 0 Å². The zero-order valence-corrected chi connectivity index (χ0v) is 12.0. The molecule has 0 unspecified atom stereocenters. The molecule has 19 heavy (non-hydrogen) atoms. The van der Waals surface area contributed by atoms with Gasteiger partial charge >= 0.3 is 0 Å². The lowest BCUT2D eigenvalue weighted by Gasteiger charge is -2.10. The number of rotatable bonds is 10. The molecule has 1 rings (SSSR count). The number of hydrogen-bond acceptors (Lipinski definition) is 6. The molecule has 1 aromatic heterocycles. The standard InChI is InChI=1S/C13H24N4O2/c1-4-6-14-11-9-12(15-7-5-8-18-2)17-13(16-11)10-19-3/h9H,4-8,10H2,1-3H3,(H2,14,15,16,17). The van der Waals surface area contributed by atoms with Crippen LogP contribution in [0, 0.1) is 0 Å². The maximum absolute atomic E-state index is 5.08. The first-order valence-electron chi connectivity index (χ1n) is 6.63. The monoisotopic (exact) mass is 268 g/mol. The fourth-order valence-electron chi connectivity index (χ4n) is 1.56. The molecule has 0 amide bonds. The van der Waals surface area contributed by atoms with E-state index in [1.807, 2.05) is 6.07 Å². The second kappa shape index (κ2) is 9.52. The molecule has 2 N–H and O–H groups in total. The minimum atomic E-state index is 0.411. The number of anilines is 2. The average molecular weight is 268 g/mol. The Bertz CT molecular complexity index is 360. The fraction of sp³-hybridized carbons (Fsp3) is 0.692. The molecule has 6 nitrogen and oxygen atoms in total. The molecule has 0 spiro atoms. The summed E-state index contributed by atoms with van der Waals surface area (Å²) in [5.41, 5.74) is 0. The maximum Gasteiger partial charge on any atom is 0.158 e. The van der Waals surface area contributed by atoms with Crippen LogP contribution in [0.15, 0.2) is 6.07 Å². The van der Waals surface area contributed by atoms with Crippen LogP contribution in [0.4, 0.5) is 11.6 Å². The van der Waals surface area contributed by atoms with Crippen molar-refractivity contribution in [3.05, 3.63) is 11.9 Å². The largest absolute Gasteiger partial charge is 0.385 e. The number of methoxy groups -OCH3 is 2. The predicted octanol–water partition coefficient (Wildman–Crippen LogP) is 1.89. The van der Waals surface area contributed by atoms with Crippen LogP contribution in [0.5, 0.6) is 0 Å². The Kier molecular flexibility index (Phi) is 7.84. The number of nitrogens with one attached hydrogen (secondary N) is 2. The molecule has 0 bridgehead atoms. The van der Waals surface area contributed by atoms with Crippen molar-refractivity contribution in [3.8, 4) is 0 Å². The third-order valence-electron chi connectivity index (χ3n) is 2.43. The van der Waals surface area contributed by atoms with E-state index in [9.17, 15) is 0 Å². The van der Waals surface area contributed by atoms with Crippen LogP contribution in [0.25, 0.3) is 0 Å². The van der Waals surface area contributed by atoms with Gasteiger partial charge in [-0.2, -0.15) is 0 Å². The Hall–Kier alpha value is -1.40. The zero-order valence-electron chi connectivity index (χ0n) is 12.0. The van der Waals surface area contributed by atoms with Gasteiger partial charge in [-0.25, -0.2) is 9.97 Å². The summed E-state index contributed by atoms with van der Waals surface area (Å²) < 4.78 is 10.1. The van der Waals surface area contributed by atoms with E-state index in [1.54, 1.807) is 14.2 Å². The number of aromatic nitrogens is 2. The molecule has 0 fully saturated rings. The summed E-state index contributed by atoms with van der Waals surface area (Å²) in [4.78, 5) is 8.79. The predicted molar refractivity (Wildman–Crippen MR) is 76.5 cm³/mol. The molecule has 6 heteroatoms. The van der Waals surface area contributed by atoms with Crippen molar-refractivity contribution < 1.29 is 9.47 Å². The van der Waals surface area contributed by atoms with Crippen molar-refractivity contribution >= 4 is 11.6 Å². The highest BCUT2D eigenvalue weighted by Gasteiger charge is 2.04. The van der Waals surface area contributed by atoms with Crippen LogP contribution in [-0.4, -0.2) is 43.9 Å². The van der Waals surface area contributed by atoms with Gasteiger partial charge in [0.15, 0.2) is 5.82 Å². The van der Waals surface area contributed by atoms with Crippen molar-refractivity contribution in [2.45, 2.75) is 26.4 Å². The molecular weight excluding hydrogens is 244 g/mol. The molecule has 0 saturated heterocycles. The Morgan fingerprint density at radius 1 is 1.05 bits per heavy atom. The van der Waals surface area contributed by atoms with E-state index in [1.165, 1.54) is 0 Å². The quantitative estimate of drug-likeness (QED) is 0.632. The Morgan fingerprint density at radius 3 is 2.32 bits per heavy atom. The summed E-state index contributed by atoms with van der Waals surface area (Å²) in [6.07, 6.45) is 2.00. The van der Waals surface area contributed by atoms with Gasteiger partial charge in [-0.05, 0) is 12.8 Å². The number of ether oxygens (including phenoxy) is 2. The zero-order chi connectivity index (χ0) is 13.9. The lowest BCUT2D eigenvalue weighted by atomic mass is 10.4. The van der Waals surface area contributed by atoms with Crippen molar-refractivity contribution in [2.75, 3.05) is 44.5 Å². The van der Waals surface area contributed by atoms with Crippen LogP contribution in [0.1, 0.15) is 25.6 Å². The lowest BCUT2D eigenvalue weighted by Crippen LogP contribution is -2.11. The van der Waals surface area contributed by atoms with E-state index in [4.69, 9.17) is 9.47 Å². The van der Waals surface area contributed by atoms with Gasteiger partial charge in [0.1, 0.15) is 18.2 Å². The average Bonchev–Trinajstić information content (AvgIpc) is 2.42. The van der Waals surface area contributed by atoms with E-state index in [-0.39, 0.29) is 0 Å². The summed E-state index contributed by atoms with van der Waals surface area (Å²) in [6, 6.07) is 1.92. The van der Waals surface area contributed by atoms with Crippen LogP contribution >= 0.6 is 0 Å². The summed E-state index contributed by atoms with van der Waals surface area (Å²) in [7, 11) is 3.34. The van der Waals surface area contributed by atoms with E-state index in [2.05, 4.69) is 27.5 Å². The van der Waals surface area contributed by atoms with E-state index in [0.717, 1.165) is 44.2 Å². The molecule has 0 aliphatic heterocycles. The fourth-order valence-corrected chi connectivity index (χ4v) is 1.56. The Labute approximate surface area is 114 Å². The van der Waals surface area contributed by atoms with Gasteiger partial charge in [-0.1, -0.05) is 6.92 Å². The van der Waals surface area contributed by atoms with Gasteiger partial charge < -0.3 is 20.1 Å². The van der Waals surface area contributed by atoms with Gasteiger partial charge in [0.2, 0.25) is 0 Å². The summed E-state index contributed by atoms with van der Waals surface area (Å²) in [6.45, 7) is 4.99. The first-order chi connectivity index (χ1) is 9.30. The lowest BCUT2D eigenvalue weighted by molar-refractivity contribution is 0.178. The van der Waals surface area contributed by atoms with Crippen molar-refractivity contribution in [1.82, 2.24) is 9.97 Å². The van der Waals surface area contributed by atoms with Crippen molar-refractivity contribution in [1.29, 1.82) is 0 Å². The van der Waals surface area contributed by atoms with E-state index >= 15 is 0 Å².